The lowest BCUT2D eigenvalue weighted by Gasteiger charge is -2.14. The Morgan fingerprint density at radius 2 is 1.52 bits per heavy atom. The molecule has 3 aromatic rings. The summed E-state index contributed by atoms with van der Waals surface area (Å²) in [6, 6.07) is 20.4. The van der Waals surface area contributed by atoms with E-state index in [9.17, 15) is 19.2 Å². The molecule has 0 aromatic heterocycles. The maximum atomic E-state index is 12.5. The van der Waals surface area contributed by atoms with Crippen molar-refractivity contribution in [3.8, 4) is 5.75 Å². The lowest BCUT2D eigenvalue weighted by atomic mass is 10.1. The summed E-state index contributed by atoms with van der Waals surface area (Å²) in [6.45, 7) is 1.77. The number of hydrogen-bond acceptors (Lipinski definition) is 5. The fraction of sp³-hybridized carbons (Fsp3) is 0.120. The van der Waals surface area contributed by atoms with E-state index in [0.29, 0.717) is 28.0 Å². The standard InChI is InChI=1S/C25H21N3O5/c1-16-5-4-6-19(13-16)33-15-22(29)26-27-23(30)18-11-9-17(10-12-18)14-28-24(31)20-7-2-3-8-21(20)25(28)32/h2-13H,14-15H2,1H3,(H,26,29)(H,27,30). The molecular weight excluding hydrogens is 422 g/mol. The second-order valence-corrected chi connectivity index (χ2v) is 7.55. The second kappa shape index (κ2) is 9.35. The Morgan fingerprint density at radius 1 is 0.848 bits per heavy atom. The van der Waals surface area contributed by atoms with Gasteiger partial charge in [0.05, 0.1) is 17.7 Å². The van der Waals surface area contributed by atoms with Gasteiger partial charge >= 0.3 is 0 Å². The Kier molecular flexibility index (Phi) is 6.17. The second-order valence-electron chi connectivity index (χ2n) is 7.55. The molecule has 1 aliphatic rings. The zero-order valence-corrected chi connectivity index (χ0v) is 17.8. The minimum absolute atomic E-state index is 0.0985. The highest BCUT2D eigenvalue weighted by molar-refractivity contribution is 6.21. The summed E-state index contributed by atoms with van der Waals surface area (Å²) in [4.78, 5) is 50.4. The van der Waals surface area contributed by atoms with Crippen LogP contribution in [0.25, 0.3) is 0 Å². The highest BCUT2D eigenvalue weighted by Gasteiger charge is 2.34. The van der Waals surface area contributed by atoms with Crippen LogP contribution in [0.1, 0.15) is 42.2 Å². The van der Waals surface area contributed by atoms with E-state index < -0.39 is 11.8 Å². The molecule has 8 heteroatoms. The average Bonchev–Trinajstić information content (AvgIpc) is 3.07. The Labute approximate surface area is 190 Å². The Bertz CT molecular complexity index is 1200. The summed E-state index contributed by atoms with van der Waals surface area (Å²) in [5.41, 5.74) is 7.41. The third-order valence-electron chi connectivity index (χ3n) is 5.11. The number of fused-ring (bicyclic) bond motifs is 1. The van der Waals surface area contributed by atoms with Gasteiger partial charge in [0.15, 0.2) is 6.61 Å². The van der Waals surface area contributed by atoms with Crippen LogP contribution in [0.15, 0.2) is 72.8 Å². The van der Waals surface area contributed by atoms with Gasteiger partial charge in [-0.3, -0.25) is 34.9 Å². The molecule has 0 radical (unpaired) electrons. The number of rotatable bonds is 6. The van der Waals surface area contributed by atoms with E-state index in [1.165, 1.54) is 4.90 Å². The number of benzene rings is 3. The molecule has 4 amide bonds. The molecule has 0 aliphatic carbocycles. The van der Waals surface area contributed by atoms with E-state index in [2.05, 4.69) is 10.9 Å². The molecule has 0 fully saturated rings. The summed E-state index contributed by atoms with van der Waals surface area (Å²) in [5, 5.41) is 0. The van der Waals surface area contributed by atoms with Gasteiger partial charge in [0, 0.05) is 5.56 Å². The van der Waals surface area contributed by atoms with Crippen LogP contribution in [0.4, 0.5) is 0 Å². The van der Waals surface area contributed by atoms with E-state index in [0.717, 1.165) is 5.56 Å². The fourth-order valence-electron chi connectivity index (χ4n) is 3.42. The van der Waals surface area contributed by atoms with E-state index in [1.54, 1.807) is 60.7 Å². The molecule has 33 heavy (non-hydrogen) atoms. The predicted molar refractivity (Wildman–Crippen MR) is 119 cm³/mol. The van der Waals surface area contributed by atoms with Gasteiger partial charge in [-0.25, -0.2) is 0 Å². The van der Waals surface area contributed by atoms with Gasteiger partial charge in [0.1, 0.15) is 5.75 Å². The van der Waals surface area contributed by atoms with Crippen molar-refractivity contribution >= 4 is 23.6 Å². The lowest BCUT2D eigenvalue weighted by molar-refractivity contribution is -0.123. The van der Waals surface area contributed by atoms with Crippen molar-refractivity contribution in [1.82, 2.24) is 15.8 Å². The van der Waals surface area contributed by atoms with Crippen molar-refractivity contribution in [1.29, 1.82) is 0 Å². The van der Waals surface area contributed by atoms with Crippen LogP contribution in [-0.4, -0.2) is 35.1 Å². The zero-order chi connectivity index (χ0) is 23.4. The highest BCUT2D eigenvalue weighted by Crippen LogP contribution is 2.24. The van der Waals surface area contributed by atoms with E-state index in [-0.39, 0.29) is 25.0 Å². The molecule has 3 aromatic carbocycles. The molecule has 1 heterocycles. The molecule has 0 saturated heterocycles. The number of imide groups is 1. The van der Waals surface area contributed by atoms with E-state index in [1.807, 2.05) is 19.1 Å². The van der Waals surface area contributed by atoms with Crippen LogP contribution in [0.2, 0.25) is 0 Å². The van der Waals surface area contributed by atoms with Crippen molar-refractivity contribution in [2.75, 3.05) is 6.61 Å². The van der Waals surface area contributed by atoms with Gasteiger partial charge < -0.3 is 4.74 Å². The Morgan fingerprint density at radius 3 is 2.15 bits per heavy atom. The van der Waals surface area contributed by atoms with Crippen LogP contribution >= 0.6 is 0 Å². The largest absolute Gasteiger partial charge is 0.484 e. The first-order chi connectivity index (χ1) is 15.9. The summed E-state index contributed by atoms with van der Waals surface area (Å²) < 4.78 is 5.38. The van der Waals surface area contributed by atoms with Crippen LogP contribution < -0.4 is 15.6 Å². The first-order valence-corrected chi connectivity index (χ1v) is 10.2. The minimum Gasteiger partial charge on any atom is -0.484 e. The number of hydrogen-bond donors (Lipinski definition) is 2. The first-order valence-electron chi connectivity index (χ1n) is 10.2. The number of carbonyl (C=O) groups excluding carboxylic acids is 4. The van der Waals surface area contributed by atoms with Gasteiger partial charge in [-0.05, 0) is 54.4 Å². The van der Waals surface area contributed by atoms with E-state index in [4.69, 9.17) is 4.74 Å². The van der Waals surface area contributed by atoms with Gasteiger partial charge in [0.2, 0.25) is 0 Å². The minimum atomic E-state index is -0.508. The number of hydrazine groups is 1. The quantitative estimate of drug-likeness (QED) is 0.450. The summed E-state index contributed by atoms with van der Waals surface area (Å²) in [7, 11) is 0. The number of aryl methyl sites for hydroxylation is 1. The maximum absolute atomic E-state index is 12.5. The number of nitrogens with one attached hydrogen (secondary N) is 2. The molecule has 2 N–H and O–H groups in total. The lowest BCUT2D eigenvalue weighted by Crippen LogP contribution is -2.43. The number of nitrogens with zero attached hydrogens (tertiary/aromatic N) is 1. The number of carbonyl (C=O) groups is 4. The van der Waals surface area contributed by atoms with Crippen molar-refractivity contribution < 1.29 is 23.9 Å². The molecule has 4 rings (SSSR count). The van der Waals surface area contributed by atoms with Crippen molar-refractivity contribution in [3.63, 3.8) is 0 Å². The molecule has 1 aliphatic heterocycles. The SMILES string of the molecule is Cc1cccc(OCC(=O)NNC(=O)c2ccc(CN3C(=O)c4ccccc4C3=O)cc2)c1. The van der Waals surface area contributed by atoms with Gasteiger partial charge in [-0.15, -0.1) is 0 Å². The molecule has 0 unspecified atom stereocenters. The highest BCUT2D eigenvalue weighted by atomic mass is 16.5. The van der Waals surface area contributed by atoms with Crippen LogP contribution in [0.5, 0.6) is 5.75 Å². The first kappa shape index (κ1) is 21.8. The molecule has 0 spiro atoms. The summed E-state index contributed by atoms with van der Waals surface area (Å²) in [5.74, 6) is -1.13. The Hall–Kier alpha value is -4.46. The number of ether oxygens (including phenoxy) is 1. The third kappa shape index (κ3) is 4.90. The normalized spacial score (nSPS) is 12.3. The summed E-state index contributed by atoms with van der Waals surface area (Å²) >= 11 is 0. The number of amides is 4. The predicted octanol–water partition coefficient (Wildman–Crippen LogP) is 2.63. The van der Waals surface area contributed by atoms with Gasteiger partial charge in [0.25, 0.3) is 23.6 Å². The monoisotopic (exact) mass is 443 g/mol. The Balaban J connectivity index is 1.28. The molecule has 166 valence electrons. The van der Waals surface area contributed by atoms with Crippen LogP contribution in [-0.2, 0) is 11.3 Å². The van der Waals surface area contributed by atoms with Crippen molar-refractivity contribution in [2.45, 2.75) is 13.5 Å². The molecular formula is C25H21N3O5. The average molecular weight is 443 g/mol. The topological polar surface area (TPSA) is 105 Å². The van der Waals surface area contributed by atoms with Gasteiger partial charge in [-0.1, -0.05) is 36.4 Å². The maximum Gasteiger partial charge on any atom is 0.276 e. The van der Waals surface area contributed by atoms with Crippen LogP contribution in [0.3, 0.4) is 0 Å². The molecule has 0 bridgehead atoms. The smallest absolute Gasteiger partial charge is 0.276 e. The molecule has 0 saturated carbocycles. The molecule has 0 atom stereocenters. The van der Waals surface area contributed by atoms with E-state index >= 15 is 0 Å². The van der Waals surface area contributed by atoms with Crippen molar-refractivity contribution in [2.24, 2.45) is 0 Å². The fourth-order valence-corrected chi connectivity index (χ4v) is 3.42. The van der Waals surface area contributed by atoms with Gasteiger partial charge in [-0.2, -0.15) is 0 Å². The molecule has 8 nitrogen and oxygen atoms in total. The summed E-state index contributed by atoms with van der Waals surface area (Å²) in [6.07, 6.45) is 0. The zero-order valence-electron chi connectivity index (χ0n) is 17.8. The van der Waals surface area contributed by atoms with Crippen molar-refractivity contribution in [3.05, 3.63) is 101 Å². The van der Waals surface area contributed by atoms with Crippen LogP contribution in [0, 0.1) is 6.92 Å². The third-order valence-corrected chi connectivity index (χ3v) is 5.11.